The summed E-state index contributed by atoms with van der Waals surface area (Å²) in [4.78, 5) is 21.5. The number of fused-ring (bicyclic) bond motifs is 3. The van der Waals surface area contributed by atoms with Gasteiger partial charge in [0.05, 0.1) is 22.7 Å². The first kappa shape index (κ1) is 17.5. The van der Waals surface area contributed by atoms with Crippen LogP contribution in [0.2, 0.25) is 0 Å². The van der Waals surface area contributed by atoms with Crippen LogP contribution in [0.15, 0.2) is 30.6 Å². The van der Waals surface area contributed by atoms with Crippen LogP contribution in [0.25, 0.3) is 27.9 Å². The molecule has 2 N–H and O–H groups in total. The quantitative estimate of drug-likeness (QED) is 0.550. The van der Waals surface area contributed by atoms with Crippen molar-refractivity contribution in [2.75, 3.05) is 11.9 Å². The number of benzene rings is 1. The van der Waals surface area contributed by atoms with Crippen molar-refractivity contribution in [2.45, 2.75) is 25.3 Å². The van der Waals surface area contributed by atoms with E-state index in [-0.39, 0.29) is 11.3 Å². The molecule has 0 bridgehead atoms. The molecule has 1 aliphatic rings. The van der Waals surface area contributed by atoms with E-state index >= 15 is 0 Å². The maximum Gasteiger partial charge on any atom is 0.242 e. The van der Waals surface area contributed by atoms with Gasteiger partial charge in [0, 0.05) is 19.8 Å². The summed E-state index contributed by atoms with van der Waals surface area (Å²) in [5.41, 5.74) is 1.49. The number of carbonyl (C=O) groups excluding carboxylic acids is 1. The second-order valence-corrected chi connectivity index (χ2v) is 7.13. The first-order valence-corrected chi connectivity index (χ1v) is 9.48. The van der Waals surface area contributed by atoms with Crippen molar-refractivity contribution in [3.05, 3.63) is 36.4 Å². The van der Waals surface area contributed by atoms with E-state index in [0.717, 1.165) is 12.8 Å². The van der Waals surface area contributed by atoms with Crippen molar-refractivity contribution in [1.29, 1.82) is 0 Å². The number of halogens is 1. The van der Waals surface area contributed by atoms with Gasteiger partial charge in [-0.1, -0.05) is 6.07 Å². The Morgan fingerprint density at radius 3 is 3.00 bits per heavy atom. The molecule has 29 heavy (non-hydrogen) atoms. The van der Waals surface area contributed by atoms with E-state index in [1.54, 1.807) is 36.3 Å². The number of anilines is 1. The summed E-state index contributed by atoms with van der Waals surface area (Å²) < 4.78 is 17.7. The van der Waals surface area contributed by atoms with Gasteiger partial charge in [0.1, 0.15) is 11.9 Å². The van der Waals surface area contributed by atoms with E-state index in [1.807, 2.05) is 0 Å². The van der Waals surface area contributed by atoms with Crippen LogP contribution in [-0.2, 0) is 11.8 Å². The zero-order valence-electron chi connectivity index (χ0n) is 15.8. The minimum absolute atomic E-state index is 0.0793. The second kappa shape index (κ2) is 6.80. The molecule has 0 unspecified atom stereocenters. The Morgan fingerprint density at radius 1 is 1.28 bits per heavy atom. The summed E-state index contributed by atoms with van der Waals surface area (Å²) in [6.45, 7) is 0.664. The van der Waals surface area contributed by atoms with Gasteiger partial charge in [0.25, 0.3) is 0 Å². The molecule has 0 radical (unpaired) electrons. The van der Waals surface area contributed by atoms with Crippen LogP contribution >= 0.6 is 0 Å². The highest BCUT2D eigenvalue weighted by Crippen LogP contribution is 2.26. The van der Waals surface area contributed by atoms with E-state index in [9.17, 15) is 9.18 Å². The standard InChI is InChI=1S/C19H19FN8O/c1-27-10-11(9-22-27)16-25-17-15-12(20)5-4-7-13(15)23-19(28(17)26-16)24-14-6-2-3-8-21-18(14)29/h4-5,7,9-10,14H,2-3,6,8H2,1H3,(H,21,29)(H,23,24)/t14-/m1/s1. The van der Waals surface area contributed by atoms with Gasteiger partial charge in [-0.3, -0.25) is 9.48 Å². The summed E-state index contributed by atoms with van der Waals surface area (Å²) in [6, 6.07) is 4.25. The summed E-state index contributed by atoms with van der Waals surface area (Å²) in [5, 5.41) is 15.0. The molecule has 0 spiro atoms. The molecular weight excluding hydrogens is 375 g/mol. The fourth-order valence-electron chi connectivity index (χ4n) is 3.60. The Kier molecular flexibility index (Phi) is 4.11. The molecule has 148 valence electrons. The Labute approximate surface area is 164 Å². The summed E-state index contributed by atoms with van der Waals surface area (Å²) in [5.74, 6) is 0.250. The molecule has 1 aromatic carbocycles. The van der Waals surface area contributed by atoms with E-state index in [2.05, 4.69) is 30.8 Å². The van der Waals surface area contributed by atoms with Crippen molar-refractivity contribution in [2.24, 2.45) is 7.05 Å². The van der Waals surface area contributed by atoms with E-state index in [0.29, 0.717) is 41.5 Å². The third-order valence-corrected chi connectivity index (χ3v) is 5.05. The Hall–Kier alpha value is -3.56. The van der Waals surface area contributed by atoms with Crippen LogP contribution < -0.4 is 10.6 Å². The number of aryl methyl sites for hydroxylation is 1. The lowest BCUT2D eigenvalue weighted by Crippen LogP contribution is -2.38. The molecule has 1 atom stereocenters. The van der Waals surface area contributed by atoms with Gasteiger partial charge >= 0.3 is 0 Å². The van der Waals surface area contributed by atoms with E-state index in [1.165, 1.54) is 10.6 Å². The van der Waals surface area contributed by atoms with Crippen molar-refractivity contribution >= 4 is 28.4 Å². The number of carbonyl (C=O) groups is 1. The Bertz CT molecular complexity index is 1230. The van der Waals surface area contributed by atoms with Crippen LogP contribution in [0.5, 0.6) is 0 Å². The average Bonchev–Trinajstić information content (AvgIpc) is 3.28. The lowest BCUT2D eigenvalue weighted by atomic mass is 10.1. The van der Waals surface area contributed by atoms with Gasteiger partial charge in [-0.2, -0.15) is 9.61 Å². The third kappa shape index (κ3) is 3.06. The average molecular weight is 394 g/mol. The molecule has 4 heterocycles. The van der Waals surface area contributed by atoms with Crippen molar-refractivity contribution < 1.29 is 9.18 Å². The molecular formula is C19H19FN8O. The molecule has 0 aliphatic carbocycles. The zero-order valence-corrected chi connectivity index (χ0v) is 15.8. The molecule has 0 saturated carbocycles. The van der Waals surface area contributed by atoms with E-state index < -0.39 is 11.9 Å². The number of hydrogen-bond donors (Lipinski definition) is 2. The number of hydrogen-bond acceptors (Lipinski definition) is 6. The predicted octanol–water partition coefficient (Wildman–Crippen LogP) is 1.90. The van der Waals surface area contributed by atoms with Crippen LogP contribution in [0.3, 0.4) is 0 Å². The molecule has 5 rings (SSSR count). The maximum absolute atomic E-state index is 14.6. The van der Waals surface area contributed by atoms with Gasteiger partial charge in [0.2, 0.25) is 11.9 Å². The molecule has 4 aromatic rings. The number of aromatic nitrogens is 6. The maximum atomic E-state index is 14.6. The fraction of sp³-hybridized carbons (Fsp3) is 0.316. The number of nitrogens with zero attached hydrogens (tertiary/aromatic N) is 6. The SMILES string of the molecule is Cn1cc(-c2nc3c4c(F)cccc4nc(N[C@@H]4CCCCNC4=O)n3n2)cn1. The van der Waals surface area contributed by atoms with Crippen molar-refractivity contribution in [3.8, 4) is 11.4 Å². The second-order valence-electron chi connectivity index (χ2n) is 7.13. The van der Waals surface area contributed by atoms with Crippen LogP contribution in [0.4, 0.5) is 10.3 Å². The predicted molar refractivity (Wildman–Crippen MR) is 105 cm³/mol. The highest BCUT2D eigenvalue weighted by molar-refractivity contribution is 5.94. The van der Waals surface area contributed by atoms with Crippen molar-refractivity contribution in [1.82, 2.24) is 34.7 Å². The first-order valence-electron chi connectivity index (χ1n) is 9.48. The third-order valence-electron chi connectivity index (χ3n) is 5.05. The van der Waals surface area contributed by atoms with Gasteiger partial charge in [-0.05, 0) is 31.4 Å². The highest BCUT2D eigenvalue weighted by atomic mass is 19.1. The largest absolute Gasteiger partial charge is 0.354 e. The molecule has 10 heteroatoms. The molecule has 1 fully saturated rings. The first-order chi connectivity index (χ1) is 14.1. The summed E-state index contributed by atoms with van der Waals surface area (Å²) in [6.07, 6.45) is 5.96. The molecule has 3 aromatic heterocycles. The number of amides is 1. The Balaban J connectivity index is 1.69. The zero-order chi connectivity index (χ0) is 20.0. The van der Waals surface area contributed by atoms with Gasteiger partial charge < -0.3 is 10.6 Å². The topological polar surface area (TPSA) is 102 Å². The van der Waals surface area contributed by atoms with Gasteiger partial charge in [0.15, 0.2) is 11.5 Å². The minimum Gasteiger partial charge on any atom is -0.354 e. The van der Waals surface area contributed by atoms with Crippen molar-refractivity contribution in [3.63, 3.8) is 0 Å². The molecule has 9 nitrogen and oxygen atoms in total. The van der Waals surface area contributed by atoms with Crippen LogP contribution in [0.1, 0.15) is 19.3 Å². The monoisotopic (exact) mass is 394 g/mol. The van der Waals surface area contributed by atoms with Crippen LogP contribution in [-0.4, -0.2) is 47.9 Å². The van der Waals surface area contributed by atoms with Crippen LogP contribution in [0, 0.1) is 5.82 Å². The summed E-state index contributed by atoms with van der Waals surface area (Å²) >= 11 is 0. The number of nitrogens with one attached hydrogen (secondary N) is 2. The normalized spacial score (nSPS) is 17.4. The fourth-order valence-corrected chi connectivity index (χ4v) is 3.60. The highest BCUT2D eigenvalue weighted by Gasteiger charge is 2.24. The van der Waals surface area contributed by atoms with Gasteiger partial charge in [-0.15, -0.1) is 5.10 Å². The number of rotatable bonds is 3. The molecule has 1 amide bonds. The smallest absolute Gasteiger partial charge is 0.242 e. The summed E-state index contributed by atoms with van der Waals surface area (Å²) in [7, 11) is 1.80. The molecule has 1 saturated heterocycles. The minimum atomic E-state index is -0.440. The lowest BCUT2D eigenvalue weighted by Gasteiger charge is -2.16. The van der Waals surface area contributed by atoms with E-state index in [4.69, 9.17) is 0 Å². The Morgan fingerprint density at radius 2 is 2.17 bits per heavy atom. The van der Waals surface area contributed by atoms with Gasteiger partial charge in [-0.25, -0.2) is 14.4 Å². The molecule has 1 aliphatic heterocycles. The lowest BCUT2D eigenvalue weighted by molar-refractivity contribution is -0.121.